The monoisotopic (exact) mass is 364 g/mol. The standard InChI is InChI=1S/C13H15Br2FO/c14-9-13(4-6-17-7-5-13)8-10-2-1-3-11(16)12(10)15/h1-3H,4-9H2. The Morgan fingerprint density at radius 3 is 2.65 bits per heavy atom. The van der Waals surface area contributed by atoms with E-state index in [0.29, 0.717) is 4.47 Å². The lowest BCUT2D eigenvalue weighted by molar-refractivity contribution is 0.0269. The van der Waals surface area contributed by atoms with Crippen molar-refractivity contribution in [2.75, 3.05) is 18.5 Å². The van der Waals surface area contributed by atoms with Crippen LogP contribution in [-0.2, 0) is 11.2 Å². The van der Waals surface area contributed by atoms with Crippen LogP contribution < -0.4 is 0 Å². The molecule has 1 aromatic carbocycles. The molecule has 1 saturated heterocycles. The van der Waals surface area contributed by atoms with Gasteiger partial charge in [-0.25, -0.2) is 4.39 Å². The van der Waals surface area contributed by atoms with Crippen molar-refractivity contribution in [2.24, 2.45) is 5.41 Å². The summed E-state index contributed by atoms with van der Waals surface area (Å²) in [4.78, 5) is 0. The van der Waals surface area contributed by atoms with Crippen molar-refractivity contribution in [3.63, 3.8) is 0 Å². The number of benzene rings is 1. The molecule has 1 fully saturated rings. The number of halogens is 3. The molecule has 1 nitrogen and oxygen atoms in total. The van der Waals surface area contributed by atoms with Gasteiger partial charge in [-0.2, -0.15) is 0 Å². The number of rotatable bonds is 3. The average Bonchev–Trinajstić information content (AvgIpc) is 2.36. The van der Waals surface area contributed by atoms with Crippen LogP contribution in [0.4, 0.5) is 4.39 Å². The topological polar surface area (TPSA) is 9.23 Å². The first-order valence-corrected chi connectivity index (χ1v) is 7.65. The number of ether oxygens (including phenoxy) is 1. The molecule has 0 aromatic heterocycles. The first kappa shape index (κ1) is 13.5. The first-order valence-electron chi connectivity index (χ1n) is 5.73. The highest BCUT2D eigenvalue weighted by Crippen LogP contribution is 2.38. The summed E-state index contributed by atoms with van der Waals surface area (Å²) >= 11 is 6.94. The van der Waals surface area contributed by atoms with E-state index < -0.39 is 0 Å². The van der Waals surface area contributed by atoms with Gasteiger partial charge in [-0.05, 0) is 52.2 Å². The van der Waals surface area contributed by atoms with Crippen molar-refractivity contribution in [3.8, 4) is 0 Å². The van der Waals surface area contributed by atoms with Gasteiger partial charge in [-0.3, -0.25) is 0 Å². The lowest BCUT2D eigenvalue weighted by Crippen LogP contribution is -2.33. The molecule has 1 aliphatic heterocycles. The highest BCUT2D eigenvalue weighted by atomic mass is 79.9. The Bertz CT molecular complexity index is 389. The molecule has 1 heterocycles. The molecule has 0 spiro atoms. The van der Waals surface area contributed by atoms with Crippen LogP contribution in [0.15, 0.2) is 22.7 Å². The average molecular weight is 366 g/mol. The zero-order valence-electron chi connectivity index (χ0n) is 9.52. The second kappa shape index (κ2) is 5.81. The summed E-state index contributed by atoms with van der Waals surface area (Å²) in [5.74, 6) is -0.181. The minimum absolute atomic E-state index is 0.181. The molecule has 0 bridgehead atoms. The third-order valence-electron chi connectivity index (χ3n) is 3.43. The van der Waals surface area contributed by atoms with E-state index in [1.165, 1.54) is 6.07 Å². The summed E-state index contributed by atoms with van der Waals surface area (Å²) in [6.07, 6.45) is 2.95. The van der Waals surface area contributed by atoms with E-state index in [1.54, 1.807) is 6.07 Å². The van der Waals surface area contributed by atoms with Gasteiger partial charge < -0.3 is 4.74 Å². The Morgan fingerprint density at radius 2 is 2.00 bits per heavy atom. The van der Waals surface area contributed by atoms with Gasteiger partial charge in [0.1, 0.15) is 5.82 Å². The second-order valence-corrected chi connectivity index (χ2v) is 5.99. The van der Waals surface area contributed by atoms with Crippen LogP contribution in [0.25, 0.3) is 0 Å². The van der Waals surface area contributed by atoms with E-state index in [-0.39, 0.29) is 11.2 Å². The van der Waals surface area contributed by atoms with Crippen LogP contribution >= 0.6 is 31.9 Å². The minimum atomic E-state index is -0.181. The Kier molecular flexibility index (Phi) is 4.61. The summed E-state index contributed by atoms with van der Waals surface area (Å²) in [6, 6.07) is 5.25. The Labute approximate surface area is 118 Å². The fourth-order valence-electron chi connectivity index (χ4n) is 2.25. The van der Waals surface area contributed by atoms with Gasteiger partial charge in [0.25, 0.3) is 0 Å². The normalized spacial score (nSPS) is 19.2. The molecule has 0 saturated carbocycles. The molecule has 4 heteroatoms. The largest absolute Gasteiger partial charge is 0.381 e. The van der Waals surface area contributed by atoms with E-state index in [9.17, 15) is 4.39 Å². The van der Waals surface area contributed by atoms with Crippen molar-refractivity contribution >= 4 is 31.9 Å². The fourth-order valence-corrected chi connectivity index (χ4v) is 3.41. The minimum Gasteiger partial charge on any atom is -0.381 e. The van der Waals surface area contributed by atoms with Gasteiger partial charge in [0.2, 0.25) is 0 Å². The van der Waals surface area contributed by atoms with Crippen molar-refractivity contribution in [1.82, 2.24) is 0 Å². The van der Waals surface area contributed by atoms with Crippen molar-refractivity contribution < 1.29 is 9.13 Å². The molecule has 17 heavy (non-hydrogen) atoms. The predicted octanol–water partition coefficient (Wildman–Crippen LogP) is 4.32. The summed E-state index contributed by atoms with van der Waals surface area (Å²) in [7, 11) is 0. The SMILES string of the molecule is Fc1cccc(CC2(CBr)CCOCC2)c1Br. The van der Waals surface area contributed by atoms with Crippen LogP contribution in [0.3, 0.4) is 0 Å². The summed E-state index contributed by atoms with van der Waals surface area (Å²) in [5.41, 5.74) is 1.25. The van der Waals surface area contributed by atoms with Crippen molar-refractivity contribution in [2.45, 2.75) is 19.3 Å². The van der Waals surface area contributed by atoms with Crippen LogP contribution in [0.2, 0.25) is 0 Å². The smallest absolute Gasteiger partial charge is 0.137 e. The van der Waals surface area contributed by atoms with E-state index in [0.717, 1.165) is 43.4 Å². The molecule has 0 atom stereocenters. The number of hydrogen-bond acceptors (Lipinski definition) is 1. The lowest BCUT2D eigenvalue weighted by atomic mass is 9.77. The Hall–Kier alpha value is 0.0700. The van der Waals surface area contributed by atoms with Crippen LogP contribution in [0, 0.1) is 11.2 Å². The van der Waals surface area contributed by atoms with E-state index in [4.69, 9.17) is 4.74 Å². The second-order valence-electron chi connectivity index (χ2n) is 4.64. The van der Waals surface area contributed by atoms with Crippen molar-refractivity contribution in [3.05, 3.63) is 34.1 Å². The molecule has 94 valence electrons. The first-order chi connectivity index (χ1) is 8.17. The van der Waals surface area contributed by atoms with Crippen molar-refractivity contribution in [1.29, 1.82) is 0 Å². The summed E-state index contributed by atoms with van der Waals surface area (Å²) in [6.45, 7) is 1.61. The Morgan fingerprint density at radius 1 is 1.29 bits per heavy atom. The van der Waals surface area contributed by atoms with E-state index in [1.807, 2.05) is 6.07 Å². The maximum absolute atomic E-state index is 13.5. The Balaban J connectivity index is 2.20. The maximum atomic E-state index is 13.5. The van der Waals surface area contributed by atoms with Gasteiger partial charge >= 0.3 is 0 Å². The van der Waals surface area contributed by atoms with E-state index in [2.05, 4.69) is 31.9 Å². The molecule has 1 aliphatic rings. The summed E-state index contributed by atoms with van der Waals surface area (Å²) in [5, 5.41) is 0.937. The molecular formula is C13H15Br2FO. The number of alkyl halides is 1. The van der Waals surface area contributed by atoms with Gasteiger partial charge in [0.15, 0.2) is 0 Å². The number of hydrogen-bond donors (Lipinski definition) is 0. The van der Waals surface area contributed by atoms with Gasteiger partial charge in [0, 0.05) is 18.5 Å². The molecule has 2 rings (SSSR count). The molecule has 0 aliphatic carbocycles. The highest BCUT2D eigenvalue weighted by molar-refractivity contribution is 9.10. The molecule has 0 N–H and O–H groups in total. The lowest BCUT2D eigenvalue weighted by Gasteiger charge is -2.36. The third kappa shape index (κ3) is 3.09. The molecule has 0 amide bonds. The highest BCUT2D eigenvalue weighted by Gasteiger charge is 2.32. The molecular weight excluding hydrogens is 351 g/mol. The van der Waals surface area contributed by atoms with Gasteiger partial charge in [-0.1, -0.05) is 28.1 Å². The van der Waals surface area contributed by atoms with Gasteiger partial charge in [-0.15, -0.1) is 0 Å². The van der Waals surface area contributed by atoms with Gasteiger partial charge in [0.05, 0.1) is 4.47 Å². The third-order valence-corrected chi connectivity index (χ3v) is 5.51. The zero-order valence-corrected chi connectivity index (χ0v) is 12.7. The molecule has 1 aromatic rings. The van der Waals surface area contributed by atoms with Crippen LogP contribution in [0.1, 0.15) is 18.4 Å². The summed E-state index contributed by atoms with van der Waals surface area (Å²) < 4.78 is 19.5. The maximum Gasteiger partial charge on any atom is 0.137 e. The van der Waals surface area contributed by atoms with Crippen LogP contribution in [-0.4, -0.2) is 18.5 Å². The van der Waals surface area contributed by atoms with E-state index >= 15 is 0 Å². The quantitative estimate of drug-likeness (QED) is 0.724. The molecule has 0 unspecified atom stereocenters. The fraction of sp³-hybridized carbons (Fsp3) is 0.538. The van der Waals surface area contributed by atoms with Crippen LogP contribution in [0.5, 0.6) is 0 Å². The molecule has 0 radical (unpaired) electrons. The predicted molar refractivity (Wildman–Crippen MR) is 74.1 cm³/mol. The zero-order chi connectivity index (χ0) is 12.3.